The summed E-state index contributed by atoms with van der Waals surface area (Å²) >= 11 is 0. The smallest absolute Gasteiger partial charge is 0.255 e. The van der Waals surface area contributed by atoms with Crippen LogP contribution in [0.5, 0.6) is 0 Å². The van der Waals surface area contributed by atoms with E-state index < -0.39 is 0 Å². The number of benzene rings is 2. The summed E-state index contributed by atoms with van der Waals surface area (Å²) in [6.07, 6.45) is 3.76. The van der Waals surface area contributed by atoms with Gasteiger partial charge in [-0.2, -0.15) is 0 Å². The summed E-state index contributed by atoms with van der Waals surface area (Å²) in [5.74, 6) is 1.47. The number of halogens is 1. The van der Waals surface area contributed by atoms with Gasteiger partial charge in [-0.15, -0.1) is 0 Å². The van der Waals surface area contributed by atoms with Crippen LogP contribution in [0.1, 0.15) is 35.2 Å². The lowest BCUT2D eigenvalue weighted by atomic mass is 9.77. The fraction of sp³-hybridized carbons (Fsp3) is 0.435. The summed E-state index contributed by atoms with van der Waals surface area (Å²) in [7, 11) is 0. The first-order chi connectivity index (χ1) is 13.2. The molecule has 0 aliphatic carbocycles. The quantitative estimate of drug-likeness (QED) is 0.813. The Morgan fingerprint density at radius 1 is 1.04 bits per heavy atom. The Bertz CT molecular complexity index is 855. The predicted molar refractivity (Wildman–Crippen MR) is 104 cm³/mol. The molecular weight excluding hydrogens is 339 g/mol. The van der Waals surface area contributed by atoms with Crippen LogP contribution >= 0.6 is 0 Å². The fourth-order valence-electron chi connectivity index (χ4n) is 5.21. The van der Waals surface area contributed by atoms with Crippen LogP contribution in [-0.2, 0) is 6.54 Å². The summed E-state index contributed by atoms with van der Waals surface area (Å²) in [5.41, 5.74) is 3.72. The maximum Gasteiger partial charge on any atom is 0.255 e. The molecule has 2 bridgehead atoms. The van der Waals surface area contributed by atoms with Crippen LogP contribution in [-0.4, -0.2) is 41.9 Å². The second kappa shape index (κ2) is 6.75. The van der Waals surface area contributed by atoms with Crippen molar-refractivity contribution in [3.8, 4) is 11.1 Å². The van der Waals surface area contributed by atoms with Crippen LogP contribution in [0.3, 0.4) is 0 Å². The maximum absolute atomic E-state index is 13.3. The highest BCUT2D eigenvalue weighted by Gasteiger charge is 2.35. The minimum absolute atomic E-state index is 0.131. The molecule has 0 saturated carbocycles. The van der Waals surface area contributed by atoms with E-state index in [1.54, 1.807) is 12.1 Å². The number of carbonyl (C=O) groups is 1. The topological polar surface area (TPSA) is 23.6 Å². The second-order valence-corrected chi connectivity index (χ2v) is 8.26. The van der Waals surface area contributed by atoms with Crippen LogP contribution in [0.2, 0.25) is 0 Å². The molecule has 0 spiro atoms. The summed E-state index contributed by atoms with van der Waals surface area (Å²) in [5, 5.41) is 0. The van der Waals surface area contributed by atoms with E-state index in [4.69, 9.17) is 0 Å². The Morgan fingerprint density at radius 3 is 2.52 bits per heavy atom. The first-order valence-electron chi connectivity index (χ1n) is 10.1. The van der Waals surface area contributed by atoms with Crippen LogP contribution < -0.4 is 0 Å². The zero-order valence-corrected chi connectivity index (χ0v) is 15.5. The molecule has 6 rings (SSSR count). The van der Waals surface area contributed by atoms with E-state index in [0.29, 0.717) is 6.54 Å². The summed E-state index contributed by atoms with van der Waals surface area (Å²) in [6.45, 7) is 5.27. The third-order valence-corrected chi connectivity index (χ3v) is 6.73. The maximum atomic E-state index is 13.3. The van der Waals surface area contributed by atoms with E-state index in [0.717, 1.165) is 47.1 Å². The lowest BCUT2D eigenvalue weighted by Crippen LogP contribution is -2.48. The highest BCUT2D eigenvalue weighted by molar-refractivity contribution is 6.04. The molecule has 4 heteroatoms. The van der Waals surface area contributed by atoms with Gasteiger partial charge in [0.05, 0.1) is 5.56 Å². The lowest BCUT2D eigenvalue weighted by molar-refractivity contribution is 0.0395. The molecule has 0 N–H and O–H groups in total. The zero-order chi connectivity index (χ0) is 18.4. The van der Waals surface area contributed by atoms with Crippen molar-refractivity contribution in [3.63, 3.8) is 0 Å². The molecule has 4 heterocycles. The van der Waals surface area contributed by atoms with Gasteiger partial charge in [-0.1, -0.05) is 30.3 Å². The van der Waals surface area contributed by atoms with Crippen LogP contribution in [0, 0.1) is 17.7 Å². The molecule has 1 amide bonds. The molecule has 4 aliphatic rings. The van der Waals surface area contributed by atoms with Gasteiger partial charge in [-0.3, -0.25) is 4.79 Å². The molecule has 3 nitrogen and oxygen atoms in total. The van der Waals surface area contributed by atoms with E-state index in [1.807, 2.05) is 17.0 Å². The van der Waals surface area contributed by atoms with E-state index in [2.05, 4.69) is 11.0 Å². The number of hydrogen-bond acceptors (Lipinski definition) is 2. The van der Waals surface area contributed by atoms with Crippen molar-refractivity contribution in [2.24, 2.45) is 11.8 Å². The van der Waals surface area contributed by atoms with E-state index in [9.17, 15) is 9.18 Å². The van der Waals surface area contributed by atoms with Gasteiger partial charge >= 0.3 is 0 Å². The molecular formula is C23H25FN2O. The molecule has 2 aromatic rings. The number of fused-ring (bicyclic) bond motifs is 4. The molecule has 1 atom stereocenters. The van der Waals surface area contributed by atoms with Crippen molar-refractivity contribution in [2.45, 2.75) is 25.8 Å². The van der Waals surface area contributed by atoms with Gasteiger partial charge in [0.25, 0.3) is 5.91 Å². The van der Waals surface area contributed by atoms with Gasteiger partial charge in [-0.05, 0) is 73.0 Å². The number of hydrogen-bond donors (Lipinski definition) is 0. The number of carbonyl (C=O) groups excluding carboxylic acids is 1. The average Bonchev–Trinajstić information content (AvgIpc) is 3.04. The van der Waals surface area contributed by atoms with Crippen molar-refractivity contribution in [1.82, 2.24) is 9.80 Å². The van der Waals surface area contributed by atoms with Crippen LogP contribution in [0.25, 0.3) is 11.1 Å². The first-order valence-corrected chi connectivity index (χ1v) is 10.1. The van der Waals surface area contributed by atoms with Gasteiger partial charge in [0.15, 0.2) is 0 Å². The highest BCUT2D eigenvalue weighted by Crippen LogP contribution is 2.36. The van der Waals surface area contributed by atoms with Crippen molar-refractivity contribution in [2.75, 3.05) is 26.2 Å². The predicted octanol–water partition coefficient (Wildman–Crippen LogP) is 4.18. The SMILES string of the molecule is O=C1c2c(cccc2-c2ccc(F)cc2)CN1CCC1CN2CCC1CC2. The van der Waals surface area contributed by atoms with Gasteiger partial charge < -0.3 is 9.80 Å². The number of amides is 1. The molecule has 0 aromatic heterocycles. The fourth-order valence-corrected chi connectivity index (χ4v) is 5.21. The Labute approximate surface area is 159 Å². The molecule has 3 saturated heterocycles. The van der Waals surface area contributed by atoms with Gasteiger partial charge in [-0.25, -0.2) is 4.39 Å². The highest BCUT2D eigenvalue weighted by atomic mass is 19.1. The molecule has 140 valence electrons. The third-order valence-electron chi connectivity index (χ3n) is 6.73. The van der Waals surface area contributed by atoms with Gasteiger partial charge in [0, 0.05) is 19.6 Å². The average molecular weight is 364 g/mol. The Kier molecular flexibility index (Phi) is 4.24. The van der Waals surface area contributed by atoms with Crippen molar-refractivity contribution < 1.29 is 9.18 Å². The summed E-state index contributed by atoms with van der Waals surface area (Å²) < 4.78 is 13.3. The van der Waals surface area contributed by atoms with Crippen molar-refractivity contribution in [3.05, 3.63) is 59.4 Å². The minimum atomic E-state index is -0.253. The lowest BCUT2D eigenvalue weighted by Gasteiger charge is -2.45. The normalized spacial score (nSPS) is 26.5. The Morgan fingerprint density at radius 2 is 1.81 bits per heavy atom. The Balaban J connectivity index is 1.33. The first kappa shape index (κ1) is 16.9. The monoisotopic (exact) mass is 364 g/mol. The minimum Gasteiger partial charge on any atom is -0.334 e. The number of piperidine rings is 3. The second-order valence-electron chi connectivity index (χ2n) is 8.26. The molecule has 4 aliphatic heterocycles. The third kappa shape index (κ3) is 3.06. The van der Waals surface area contributed by atoms with Gasteiger partial charge in [0.2, 0.25) is 0 Å². The molecule has 3 fully saturated rings. The Hall–Kier alpha value is -2.20. The van der Waals surface area contributed by atoms with E-state index in [1.165, 1.54) is 44.6 Å². The zero-order valence-electron chi connectivity index (χ0n) is 15.5. The van der Waals surface area contributed by atoms with Crippen molar-refractivity contribution >= 4 is 5.91 Å². The molecule has 1 unspecified atom stereocenters. The molecule has 0 radical (unpaired) electrons. The largest absolute Gasteiger partial charge is 0.334 e. The van der Waals surface area contributed by atoms with Crippen molar-refractivity contribution in [1.29, 1.82) is 0 Å². The summed E-state index contributed by atoms with van der Waals surface area (Å²) in [6, 6.07) is 12.5. The summed E-state index contributed by atoms with van der Waals surface area (Å²) in [4.78, 5) is 17.7. The van der Waals surface area contributed by atoms with Gasteiger partial charge in [0.1, 0.15) is 5.82 Å². The molecule has 2 aromatic carbocycles. The standard InChI is InChI=1S/C23H25FN2O/c24-20-6-4-17(5-7-20)21-3-1-2-19-15-26(23(27)22(19)21)13-10-18-14-25-11-8-16(18)9-12-25/h1-7,16,18H,8-15H2. The van der Waals surface area contributed by atoms with E-state index >= 15 is 0 Å². The van der Waals surface area contributed by atoms with E-state index in [-0.39, 0.29) is 11.7 Å². The number of nitrogens with zero attached hydrogens (tertiary/aromatic N) is 2. The number of rotatable bonds is 4. The molecule has 27 heavy (non-hydrogen) atoms. The van der Waals surface area contributed by atoms with Crippen LogP contribution in [0.15, 0.2) is 42.5 Å². The van der Waals surface area contributed by atoms with Crippen LogP contribution in [0.4, 0.5) is 4.39 Å².